The smallest absolute Gasteiger partial charge is 0.319 e. The van der Waals surface area contributed by atoms with Crippen LogP contribution < -0.4 is 11.1 Å². The summed E-state index contributed by atoms with van der Waals surface area (Å²) >= 11 is 0. The van der Waals surface area contributed by atoms with E-state index in [1.165, 1.54) is 6.08 Å². The highest BCUT2D eigenvalue weighted by Gasteiger charge is 2.13. The fourth-order valence-corrected chi connectivity index (χ4v) is 2.78. The van der Waals surface area contributed by atoms with Crippen LogP contribution in [-0.4, -0.2) is 16.5 Å². The van der Waals surface area contributed by atoms with E-state index in [9.17, 15) is 14.9 Å². The van der Waals surface area contributed by atoms with Gasteiger partial charge in [-0.05, 0) is 17.7 Å². The summed E-state index contributed by atoms with van der Waals surface area (Å²) in [5, 5.41) is 12.1. The molecule has 0 aliphatic heterocycles. The Labute approximate surface area is 150 Å². The second-order valence-corrected chi connectivity index (χ2v) is 5.70. The van der Waals surface area contributed by atoms with E-state index in [1.54, 1.807) is 0 Å². The van der Waals surface area contributed by atoms with E-state index in [0.717, 1.165) is 16.5 Å². The highest BCUT2D eigenvalue weighted by Crippen LogP contribution is 2.24. The first-order chi connectivity index (χ1) is 12.6. The fourth-order valence-electron chi connectivity index (χ4n) is 2.78. The molecule has 1 heterocycles. The first-order valence-corrected chi connectivity index (χ1v) is 7.93. The summed E-state index contributed by atoms with van der Waals surface area (Å²) in [6.45, 7) is 0.657. The number of benzene rings is 2. The molecule has 3 rings (SSSR count). The van der Waals surface area contributed by atoms with Crippen molar-refractivity contribution in [2.24, 2.45) is 5.73 Å². The summed E-state index contributed by atoms with van der Waals surface area (Å²) in [4.78, 5) is 22.8. The highest BCUT2D eigenvalue weighted by molar-refractivity contribution is 6.09. The standard InChI is InChI=1S/C20H16N4O2/c21-11-15(19(25)23-20(22)26)10-16-13-24(12-14-6-2-1-3-7-14)18-9-5-4-8-17(16)18/h1-10,13H,12H2,(H3,22,23,25,26)/b15-10-. The molecular weight excluding hydrogens is 328 g/mol. The number of aromatic nitrogens is 1. The number of fused-ring (bicyclic) bond motifs is 1. The van der Waals surface area contributed by atoms with Gasteiger partial charge in [0, 0.05) is 29.2 Å². The number of hydrogen-bond acceptors (Lipinski definition) is 3. The predicted octanol–water partition coefficient (Wildman–Crippen LogP) is 2.79. The first kappa shape index (κ1) is 17.0. The van der Waals surface area contributed by atoms with E-state index in [2.05, 4.69) is 4.57 Å². The van der Waals surface area contributed by atoms with Crippen LogP contribution in [0.25, 0.3) is 17.0 Å². The zero-order valence-electron chi connectivity index (χ0n) is 13.8. The van der Waals surface area contributed by atoms with Gasteiger partial charge in [0.2, 0.25) is 0 Å². The minimum Gasteiger partial charge on any atom is -0.351 e. The molecule has 0 aliphatic carbocycles. The SMILES string of the molecule is N#C/C(=C/c1cn(Cc2ccccc2)c2ccccc12)C(=O)NC(N)=O. The summed E-state index contributed by atoms with van der Waals surface area (Å²) in [5.41, 5.74) is 7.59. The lowest BCUT2D eigenvalue weighted by molar-refractivity contribution is -0.115. The van der Waals surface area contributed by atoms with Gasteiger partial charge in [-0.2, -0.15) is 5.26 Å². The maximum absolute atomic E-state index is 11.9. The van der Waals surface area contributed by atoms with Crippen LogP contribution in [0, 0.1) is 11.3 Å². The molecule has 0 fully saturated rings. The molecule has 0 spiro atoms. The first-order valence-electron chi connectivity index (χ1n) is 7.93. The van der Waals surface area contributed by atoms with E-state index in [1.807, 2.05) is 72.2 Å². The summed E-state index contributed by atoms with van der Waals surface area (Å²) in [5.74, 6) is -0.820. The van der Waals surface area contributed by atoms with Crippen LogP contribution in [-0.2, 0) is 11.3 Å². The Hall–Kier alpha value is -3.85. The van der Waals surface area contributed by atoms with Crippen LogP contribution in [0.15, 0.2) is 66.4 Å². The molecule has 2 aromatic carbocycles. The molecule has 3 amide bonds. The number of imide groups is 1. The molecule has 128 valence electrons. The number of hydrogen-bond donors (Lipinski definition) is 2. The molecule has 6 nitrogen and oxygen atoms in total. The number of rotatable bonds is 4. The van der Waals surface area contributed by atoms with Crippen LogP contribution in [0.5, 0.6) is 0 Å². The van der Waals surface area contributed by atoms with Crippen molar-refractivity contribution in [2.45, 2.75) is 6.54 Å². The molecule has 0 unspecified atom stereocenters. The average Bonchev–Trinajstić information content (AvgIpc) is 2.97. The summed E-state index contributed by atoms with van der Waals surface area (Å²) in [6.07, 6.45) is 3.34. The number of para-hydroxylation sites is 1. The monoisotopic (exact) mass is 344 g/mol. The average molecular weight is 344 g/mol. The molecule has 0 aliphatic rings. The Morgan fingerprint density at radius 2 is 1.81 bits per heavy atom. The number of nitriles is 1. The molecule has 0 saturated heterocycles. The maximum Gasteiger partial charge on any atom is 0.319 e. The normalized spacial score (nSPS) is 11.1. The van der Waals surface area contributed by atoms with Crippen LogP contribution in [0.2, 0.25) is 0 Å². The lowest BCUT2D eigenvalue weighted by atomic mass is 10.1. The zero-order chi connectivity index (χ0) is 18.5. The van der Waals surface area contributed by atoms with Gasteiger partial charge in [0.1, 0.15) is 11.6 Å². The van der Waals surface area contributed by atoms with Gasteiger partial charge < -0.3 is 10.3 Å². The van der Waals surface area contributed by atoms with Crippen molar-refractivity contribution in [3.63, 3.8) is 0 Å². The van der Waals surface area contributed by atoms with Crippen molar-refractivity contribution < 1.29 is 9.59 Å². The number of amides is 3. The molecule has 6 heteroatoms. The van der Waals surface area contributed by atoms with Crippen LogP contribution >= 0.6 is 0 Å². The minimum absolute atomic E-state index is 0.189. The number of nitrogens with two attached hydrogens (primary N) is 1. The third-order valence-corrected chi connectivity index (χ3v) is 3.92. The maximum atomic E-state index is 11.9. The number of primary amides is 1. The second-order valence-electron chi connectivity index (χ2n) is 5.70. The van der Waals surface area contributed by atoms with E-state index < -0.39 is 11.9 Å². The topological polar surface area (TPSA) is 101 Å². The summed E-state index contributed by atoms with van der Waals surface area (Å²) < 4.78 is 2.05. The van der Waals surface area contributed by atoms with Crippen molar-refractivity contribution in [2.75, 3.05) is 0 Å². The summed E-state index contributed by atoms with van der Waals surface area (Å²) in [6, 6.07) is 18.5. The Morgan fingerprint density at radius 1 is 1.12 bits per heavy atom. The quantitative estimate of drug-likeness (QED) is 0.562. The largest absolute Gasteiger partial charge is 0.351 e. The number of nitrogens with zero attached hydrogens (tertiary/aromatic N) is 2. The van der Waals surface area contributed by atoms with Gasteiger partial charge in [-0.25, -0.2) is 4.79 Å². The van der Waals surface area contributed by atoms with Crippen molar-refractivity contribution >= 4 is 28.9 Å². The molecule has 1 aromatic heterocycles. The zero-order valence-corrected chi connectivity index (χ0v) is 13.8. The Bertz CT molecular complexity index is 1040. The Kier molecular flexibility index (Phi) is 4.81. The third-order valence-electron chi connectivity index (χ3n) is 3.92. The molecule has 3 aromatic rings. The van der Waals surface area contributed by atoms with Crippen LogP contribution in [0.3, 0.4) is 0 Å². The van der Waals surface area contributed by atoms with Crippen LogP contribution in [0.4, 0.5) is 4.79 Å². The second kappa shape index (κ2) is 7.36. The molecule has 0 radical (unpaired) electrons. The lowest BCUT2D eigenvalue weighted by Gasteiger charge is -2.05. The predicted molar refractivity (Wildman–Crippen MR) is 98.8 cm³/mol. The van der Waals surface area contributed by atoms with Gasteiger partial charge in [0.15, 0.2) is 0 Å². The van der Waals surface area contributed by atoms with E-state index in [-0.39, 0.29) is 5.57 Å². The van der Waals surface area contributed by atoms with Crippen LogP contribution in [0.1, 0.15) is 11.1 Å². The van der Waals surface area contributed by atoms with E-state index in [4.69, 9.17) is 5.73 Å². The third kappa shape index (κ3) is 3.62. The molecule has 0 saturated carbocycles. The number of nitrogens with one attached hydrogen (secondary N) is 1. The minimum atomic E-state index is -0.998. The Morgan fingerprint density at radius 3 is 2.50 bits per heavy atom. The molecule has 0 atom stereocenters. The molecule has 0 bridgehead atoms. The van der Waals surface area contributed by atoms with Crippen molar-refractivity contribution in [1.82, 2.24) is 9.88 Å². The van der Waals surface area contributed by atoms with Crippen molar-refractivity contribution in [3.05, 3.63) is 77.5 Å². The molecule has 26 heavy (non-hydrogen) atoms. The molecule has 3 N–H and O–H groups in total. The van der Waals surface area contributed by atoms with E-state index >= 15 is 0 Å². The lowest BCUT2D eigenvalue weighted by Crippen LogP contribution is -2.35. The van der Waals surface area contributed by atoms with Crippen molar-refractivity contribution in [1.29, 1.82) is 5.26 Å². The number of carbonyl (C=O) groups excluding carboxylic acids is 2. The summed E-state index contributed by atoms with van der Waals surface area (Å²) in [7, 11) is 0. The van der Waals surface area contributed by atoms with Gasteiger partial charge in [-0.15, -0.1) is 0 Å². The fraction of sp³-hybridized carbons (Fsp3) is 0.0500. The number of carbonyl (C=O) groups is 2. The van der Waals surface area contributed by atoms with Gasteiger partial charge in [-0.3, -0.25) is 10.1 Å². The van der Waals surface area contributed by atoms with Gasteiger partial charge in [-0.1, -0.05) is 48.5 Å². The Balaban J connectivity index is 2.04. The van der Waals surface area contributed by atoms with Gasteiger partial charge in [0.05, 0.1) is 0 Å². The number of urea groups is 1. The van der Waals surface area contributed by atoms with Gasteiger partial charge in [0.25, 0.3) is 5.91 Å². The highest BCUT2D eigenvalue weighted by atomic mass is 16.2. The van der Waals surface area contributed by atoms with E-state index in [0.29, 0.717) is 12.1 Å². The van der Waals surface area contributed by atoms with Gasteiger partial charge >= 0.3 is 6.03 Å². The molecular formula is C20H16N4O2. The van der Waals surface area contributed by atoms with Crippen molar-refractivity contribution in [3.8, 4) is 6.07 Å².